The zero-order valence-electron chi connectivity index (χ0n) is 13.3. The number of allylic oxidation sites excluding steroid dienone is 1. The van der Waals surface area contributed by atoms with Crippen LogP contribution in [0.5, 0.6) is 0 Å². The highest BCUT2D eigenvalue weighted by atomic mass is 16.1. The highest BCUT2D eigenvalue weighted by molar-refractivity contribution is 5.93. The van der Waals surface area contributed by atoms with Gasteiger partial charge in [-0.25, -0.2) is 0 Å². The first kappa shape index (κ1) is 15.3. The van der Waals surface area contributed by atoms with E-state index in [1.807, 2.05) is 0 Å². The minimum absolute atomic E-state index is 0.174. The van der Waals surface area contributed by atoms with Gasteiger partial charge in [-0.3, -0.25) is 4.79 Å². The lowest BCUT2D eigenvalue weighted by atomic mass is 10.0. The van der Waals surface area contributed by atoms with Gasteiger partial charge >= 0.3 is 0 Å². The van der Waals surface area contributed by atoms with E-state index in [0.29, 0.717) is 6.04 Å². The Labute approximate surface area is 133 Å². The van der Waals surface area contributed by atoms with E-state index in [1.54, 1.807) is 0 Å². The highest BCUT2D eigenvalue weighted by Gasteiger charge is 2.23. The van der Waals surface area contributed by atoms with Crippen LogP contribution in [-0.2, 0) is 11.2 Å². The van der Waals surface area contributed by atoms with E-state index in [1.165, 1.54) is 12.0 Å². The molecule has 1 aromatic carbocycles. The summed E-state index contributed by atoms with van der Waals surface area (Å²) >= 11 is 0. The summed E-state index contributed by atoms with van der Waals surface area (Å²) in [6.45, 7) is 3.23. The predicted molar refractivity (Wildman–Crippen MR) is 89.7 cm³/mol. The zero-order valence-corrected chi connectivity index (χ0v) is 13.3. The summed E-state index contributed by atoms with van der Waals surface area (Å²) in [6.07, 6.45) is 8.64. The van der Waals surface area contributed by atoms with Crippen LogP contribution in [-0.4, -0.2) is 36.5 Å². The van der Waals surface area contributed by atoms with E-state index in [-0.39, 0.29) is 5.91 Å². The van der Waals surface area contributed by atoms with Crippen molar-refractivity contribution < 1.29 is 4.79 Å². The molecule has 2 aliphatic rings. The van der Waals surface area contributed by atoms with Crippen molar-refractivity contribution in [2.75, 3.05) is 19.6 Å². The smallest absolute Gasteiger partial charge is 0.247 e. The van der Waals surface area contributed by atoms with E-state index in [2.05, 4.69) is 46.6 Å². The molecule has 0 saturated carbocycles. The maximum absolute atomic E-state index is 12.2. The number of carbonyl (C=O) groups is 1. The van der Waals surface area contributed by atoms with E-state index in [9.17, 15) is 4.79 Å². The van der Waals surface area contributed by atoms with Crippen LogP contribution in [0.4, 0.5) is 0 Å². The summed E-state index contributed by atoms with van der Waals surface area (Å²) < 4.78 is 0. The molecule has 1 fully saturated rings. The van der Waals surface area contributed by atoms with Crippen molar-refractivity contribution in [2.45, 2.75) is 44.6 Å². The molecule has 1 saturated heterocycles. The second-order valence-corrected chi connectivity index (χ2v) is 6.47. The monoisotopic (exact) mass is 298 g/mol. The SMILES string of the molecule is O=C(NC1CCCN(CCc2ccccc2)C1)C1=CCCC1. The van der Waals surface area contributed by atoms with Crippen molar-refractivity contribution in [1.29, 1.82) is 0 Å². The number of benzene rings is 1. The summed E-state index contributed by atoms with van der Waals surface area (Å²) in [5.41, 5.74) is 2.39. The molecule has 1 aromatic rings. The van der Waals surface area contributed by atoms with Gasteiger partial charge in [-0.15, -0.1) is 0 Å². The van der Waals surface area contributed by atoms with Crippen LogP contribution < -0.4 is 5.32 Å². The van der Waals surface area contributed by atoms with Gasteiger partial charge < -0.3 is 10.2 Å². The summed E-state index contributed by atoms with van der Waals surface area (Å²) in [6, 6.07) is 11.0. The third-order valence-electron chi connectivity index (χ3n) is 4.73. The lowest BCUT2D eigenvalue weighted by molar-refractivity contribution is -0.118. The molecule has 118 valence electrons. The number of nitrogens with one attached hydrogen (secondary N) is 1. The Kier molecular flexibility index (Phi) is 5.28. The van der Waals surface area contributed by atoms with Gasteiger partial charge in [-0.2, -0.15) is 0 Å². The van der Waals surface area contributed by atoms with E-state index in [0.717, 1.165) is 57.3 Å². The second kappa shape index (κ2) is 7.59. The van der Waals surface area contributed by atoms with Gasteiger partial charge in [0, 0.05) is 24.7 Å². The molecule has 1 atom stereocenters. The van der Waals surface area contributed by atoms with Gasteiger partial charge in [0.15, 0.2) is 0 Å². The van der Waals surface area contributed by atoms with Crippen molar-refractivity contribution >= 4 is 5.91 Å². The quantitative estimate of drug-likeness (QED) is 0.906. The predicted octanol–water partition coefficient (Wildman–Crippen LogP) is 2.92. The van der Waals surface area contributed by atoms with Crippen LogP contribution in [0.2, 0.25) is 0 Å². The van der Waals surface area contributed by atoms with Crippen LogP contribution in [0.1, 0.15) is 37.7 Å². The zero-order chi connectivity index (χ0) is 15.2. The summed E-state index contributed by atoms with van der Waals surface area (Å²) in [7, 11) is 0. The molecule has 3 heteroatoms. The molecule has 1 aliphatic carbocycles. The molecular formula is C19H26N2O. The van der Waals surface area contributed by atoms with Gasteiger partial charge in [0.1, 0.15) is 0 Å². The number of nitrogens with zero attached hydrogens (tertiary/aromatic N) is 1. The number of carbonyl (C=O) groups excluding carboxylic acids is 1. The van der Waals surface area contributed by atoms with Crippen LogP contribution in [0.3, 0.4) is 0 Å². The highest BCUT2D eigenvalue weighted by Crippen LogP contribution is 2.18. The fourth-order valence-electron chi connectivity index (χ4n) is 3.46. The number of hydrogen-bond acceptors (Lipinski definition) is 2. The maximum atomic E-state index is 12.2. The van der Waals surface area contributed by atoms with Gasteiger partial charge in [-0.1, -0.05) is 36.4 Å². The van der Waals surface area contributed by atoms with Crippen molar-refractivity contribution in [3.05, 3.63) is 47.5 Å². The average Bonchev–Trinajstić information content (AvgIpc) is 3.09. The lowest BCUT2D eigenvalue weighted by Crippen LogP contribution is -2.48. The molecular weight excluding hydrogens is 272 g/mol. The molecule has 1 amide bonds. The Morgan fingerprint density at radius 1 is 1.23 bits per heavy atom. The summed E-state index contributed by atoms with van der Waals surface area (Å²) in [5.74, 6) is 0.174. The van der Waals surface area contributed by atoms with Crippen molar-refractivity contribution in [3.8, 4) is 0 Å². The Bertz CT molecular complexity index is 523. The van der Waals surface area contributed by atoms with E-state index in [4.69, 9.17) is 0 Å². The van der Waals surface area contributed by atoms with Gasteiger partial charge in [0.25, 0.3) is 0 Å². The van der Waals surface area contributed by atoms with Crippen LogP contribution >= 0.6 is 0 Å². The van der Waals surface area contributed by atoms with Crippen LogP contribution in [0, 0.1) is 0 Å². The van der Waals surface area contributed by atoms with Gasteiger partial charge in [0.05, 0.1) is 0 Å². The van der Waals surface area contributed by atoms with Gasteiger partial charge in [0.2, 0.25) is 5.91 Å². The molecule has 3 nitrogen and oxygen atoms in total. The number of rotatable bonds is 5. The molecule has 0 aromatic heterocycles. The first-order valence-electron chi connectivity index (χ1n) is 8.57. The average molecular weight is 298 g/mol. The lowest BCUT2D eigenvalue weighted by Gasteiger charge is -2.33. The van der Waals surface area contributed by atoms with Crippen LogP contribution in [0.25, 0.3) is 0 Å². The third kappa shape index (κ3) is 4.20. The molecule has 1 unspecified atom stereocenters. The van der Waals surface area contributed by atoms with E-state index >= 15 is 0 Å². The largest absolute Gasteiger partial charge is 0.348 e. The fraction of sp³-hybridized carbons (Fsp3) is 0.526. The molecule has 1 heterocycles. The molecule has 1 N–H and O–H groups in total. The van der Waals surface area contributed by atoms with Gasteiger partial charge in [-0.05, 0) is 50.6 Å². The number of amides is 1. The molecule has 0 radical (unpaired) electrons. The Balaban J connectivity index is 1.46. The fourth-order valence-corrected chi connectivity index (χ4v) is 3.46. The topological polar surface area (TPSA) is 32.3 Å². The Hall–Kier alpha value is -1.61. The summed E-state index contributed by atoms with van der Waals surface area (Å²) in [5, 5.41) is 3.24. The molecule has 3 rings (SSSR count). The molecule has 0 spiro atoms. The van der Waals surface area contributed by atoms with Crippen molar-refractivity contribution in [1.82, 2.24) is 10.2 Å². The second-order valence-electron chi connectivity index (χ2n) is 6.47. The van der Waals surface area contributed by atoms with Crippen molar-refractivity contribution in [2.24, 2.45) is 0 Å². The standard InChI is InChI=1S/C19H26N2O/c22-19(17-9-4-5-10-17)20-18-11-6-13-21(15-18)14-12-16-7-2-1-3-8-16/h1-3,7-9,18H,4-6,10-15H2,(H,20,22). The first-order valence-corrected chi connectivity index (χ1v) is 8.57. The molecule has 1 aliphatic heterocycles. The minimum Gasteiger partial charge on any atom is -0.348 e. The molecule has 0 bridgehead atoms. The van der Waals surface area contributed by atoms with Crippen molar-refractivity contribution in [3.63, 3.8) is 0 Å². The minimum atomic E-state index is 0.174. The first-order chi connectivity index (χ1) is 10.8. The number of piperidine rings is 1. The summed E-state index contributed by atoms with van der Waals surface area (Å²) in [4.78, 5) is 14.7. The molecule has 22 heavy (non-hydrogen) atoms. The number of likely N-dealkylation sites (tertiary alicyclic amines) is 1. The third-order valence-corrected chi connectivity index (χ3v) is 4.73. The normalized spacial score (nSPS) is 22.4. The Morgan fingerprint density at radius 3 is 2.86 bits per heavy atom. The van der Waals surface area contributed by atoms with E-state index < -0.39 is 0 Å². The van der Waals surface area contributed by atoms with Crippen LogP contribution in [0.15, 0.2) is 42.0 Å². The Morgan fingerprint density at radius 2 is 2.09 bits per heavy atom. The maximum Gasteiger partial charge on any atom is 0.247 e. The number of hydrogen-bond donors (Lipinski definition) is 1.